The van der Waals surface area contributed by atoms with Crippen LogP contribution < -0.4 is 10.6 Å². The Bertz CT molecular complexity index is 1470. The molecule has 9 nitrogen and oxygen atoms in total. The van der Waals surface area contributed by atoms with Crippen molar-refractivity contribution in [1.82, 2.24) is 15.5 Å². The number of hydrogen-bond acceptors (Lipinski definition) is 7. The van der Waals surface area contributed by atoms with Gasteiger partial charge in [-0.1, -0.05) is 157 Å². The van der Waals surface area contributed by atoms with Crippen LogP contribution in [0.2, 0.25) is 0 Å². The summed E-state index contributed by atoms with van der Waals surface area (Å²) in [6, 6.07) is 24.3. The van der Waals surface area contributed by atoms with Gasteiger partial charge in [-0.05, 0) is 48.2 Å². The minimum absolute atomic E-state index is 0.00836. The number of aliphatic hydroxyl groups excluding tert-OH is 1. The first-order valence-corrected chi connectivity index (χ1v) is 20.9. The first-order chi connectivity index (χ1) is 26.9. The Balaban J connectivity index is 1.40. The van der Waals surface area contributed by atoms with Gasteiger partial charge < -0.3 is 34.9 Å². The summed E-state index contributed by atoms with van der Waals surface area (Å²) < 4.78 is 18.4. The number of amides is 2. The van der Waals surface area contributed by atoms with Crippen molar-refractivity contribution in [1.29, 1.82) is 0 Å². The summed E-state index contributed by atoms with van der Waals surface area (Å²) in [7, 11) is 1.32. The molecule has 1 fully saturated rings. The Kier molecular flexibility index (Phi) is 20.3. The molecule has 0 bridgehead atoms. The summed E-state index contributed by atoms with van der Waals surface area (Å²) in [6.45, 7) is 7.86. The summed E-state index contributed by atoms with van der Waals surface area (Å²) >= 11 is 0. The first kappa shape index (κ1) is 44.0. The van der Waals surface area contributed by atoms with E-state index in [0.717, 1.165) is 53.9 Å². The highest BCUT2D eigenvalue weighted by molar-refractivity contribution is 5.83. The van der Waals surface area contributed by atoms with Gasteiger partial charge in [-0.25, -0.2) is 9.59 Å². The third-order valence-corrected chi connectivity index (χ3v) is 10.5. The molecule has 0 aliphatic carbocycles. The van der Waals surface area contributed by atoms with Gasteiger partial charge in [0.25, 0.3) is 0 Å². The Morgan fingerprint density at radius 2 is 1.33 bits per heavy atom. The van der Waals surface area contributed by atoms with Crippen molar-refractivity contribution in [3.63, 3.8) is 0 Å². The SMILES string of the molecule is CCCCCCCCN(CCCCCCCC)C[C@@H]1C[C@H](c2ccc(CO)cc2)O[C@H](c2ccc(CNC(=O)N[C@@H](Cc3ccccc3)C(=O)OC)cc2)O1. The molecule has 3 N–H and O–H groups in total. The van der Waals surface area contributed by atoms with Crippen molar-refractivity contribution in [2.45, 2.75) is 141 Å². The summed E-state index contributed by atoms with van der Waals surface area (Å²) in [4.78, 5) is 27.9. The molecule has 302 valence electrons. The van der Waals surface area contributed by atoms with E-state index < -0.39 is 24.3 Å². The van der Waals surface area contributed by atoms with E-state index in [2.05, 4.69) is 41.5 Å². The number of unbranched alkanes of at least 4 members (excludes halogenated alkanes) is 10. The Morgan fingerprint density at radius 1 is 0.745 bits per heavy atom. The van der Waals surface area contributed by atoms with Crippen LogP contribution in [0, 0.1) is 0 Å². The summed E-state index contributed by atoms with van der Waals surface area (Å²) in [5, 5.41) is 15.3. The van der Waals surface area contributed by atoms with E-state index in [9.17, 15) is 14.7 Å². The van der Waals surface area contributed by atoms with Crippen LogP contribution in [-0.4, -0.2) is 60.9 Å². The number of benzene rings is 3. The topological polar surface area (TPSA) is 109 Å². The van der Waals surface area contributed by atoms with Crippen LogP contribution in [0.5, 0.6) is 0 Å². The van der Waals surface area contributed by atoms with E-state index in [0.29, 0.717) is 6.42 Å². The number of esters is 1. The number of aliphatic hydroxyl groups is 1. The fourth-order valence-corrected chi connectivity index (χ4v) is 7.22. The lowest BCUT2D eigenvalue weighted by Gasteiger charge is -2.38. The van der Waals surface area contributed by atoms with Gasteiger partial charge >= 0.3 is 12.0 Å². The molecule has 0 saturated carbocycles. The zero-order valence-electron chi connectivity index (χ0n) is 33.7. The Hall–Kier alpha value is -3.76. The second-order valence-electron chi connectivity index (χ2n) is 15.0. The second-order valence-corrected chi connectivity index (χ2v) is 15.0. The van der Waals surface area contributed by atoms with Crippen molar-refractivity contribution in [2.75, 3.05) is 26.7 Å². The third-order valence-electron chi connectivity index (χ3n) is 10.5. The van der Waals surface area contributed by atoms with Crippen molar-refractivity contribution >= 4 is 12.0 Å². The quantitative estimate of drug-likeness (QED) is 0.0584. The van der Waals surface area contributed by atoms with Crippen LogP contribution in [-0.2, 0) is 38.6 Å². The molecule has 0 radical (unpaired) electrons. The normalized spacial score (nSPS) is 17.5. The van der Waals surface area contributed by atoms with Crippen molar-refractivity contribution in [3.05, 3.63) is 107 Å². The van der Waals surface area contributed by atoms with Gasteiger partial charge in [0.05, 0.1) is 25.9 Å². The van der Waals surface area contributed by atoms with Crippen LogP contribution in [0.15, 0.2) is 78.9 Å². The third kappa shape index (κ3) is 16.1. The zero-order chi connectivity index (χ0) is 39.1. The number of methoxy groups -OCH3 is 1. The molecule has 1 saturated heterocycles. The lowest BCUT2D eigenvalue weighted by molar-refractivity contribution is -0.253. The molecule has 1 aliphatic rings. The van der Waals surface area contributed by atoms with Crippen LogP contribution >= 0.6 is 0 Å². The standard InChI is InChI=1S/C46H67N3O6/c1-4-6-8-10-12-17-29-49(30-18-13-11-9-7-5-2)34-41-32-43(39-25-23-38(35-50)24-26-39)55-45(54-41)40-27-21-37(22-28-40)33-47-46(52)48-42(44(51)53-3)31-36-19-15-14-16-20-36/h14-16,19-28,41-43,45,50H,4-13,17-18,29-35H2,1-3H3,(H2,47,48,52)/t41-,42-,43+,45+/m0/s1. The number of urea groups is 1. The maximum absolute atomic E-state index is 12.8. The van der Waals surface area contributed by atoms with Gasteiger partial charge in [0.1, 0.15) is 6.04 Å². The van der Waals surface area contributed by atoms with E-state index in [4.69, 9.17) is 14.2 Å². The number of nitrogens with zero attached hydrogens (tertiary/aromatic N) is 1. The molecule has 0 aromatic heterocycles. The predicted octanol–water partition coefficient (Wildman–Crippen LogP) is 9.33. The van der Waals surface area contributed by atoms with E-state index in [1.54, 1.807) is 0 Å². The number of nitrogens with one attached hydrogen (secondary N) is 2. The molecular weight excluding hydrogens is 691 g/mol. The average molecular weight is 758 g/mol. The lowest BCUT2D eigenvalue weighted by atomic mass is 9.99. The molecule has 0 spiro atoms. The predicted molar refractivity (Wildman–Crippen MR) is 219 cm³/mol. The fourth-order valence-electron chi connectivity index (χ4n) is 7.22. The molecule has 3 aromatic rings. The summed E-state index contributed by atoms with van der Waals surface area (Å²) in [6.07, 6.45) is 15.8. The molecule has 55 heavy (non-hydrogen) atoms. The van der Waals surface area contributed by atoms with Crippen LogP contribution in [0.1, 0.15) is 138 Å². The number of rotatable bonds is 25. The highest BCUT2D eigenvalue weighted by Crippen LogP contribution is 2.38. The maximum atomic E-state index is 12.8. The zero-order valence-corrected chi connectivity index (χ0v) is 33.7. The largest absolute Gasteiger partial charge is 0.467 e. The molecule has 1 heterocycles. The van der Waals surface area contributed by atoms with E-state index in [-0.39, 0.29) is 25.4 Å². The van der Waals surface area contributed by atoms with Gasteiger partial charge in [0.15, 0.2) is 6.29 Å². The summed E-state index contributed by atoms with van der Waals surface area (Å²) in [5.41, 5.74) is 4.71. The second kappa shape index (κ2) is 25.4. The van der Waals surface area contributed by atoms with Crippen molar-refractivity contribution in [2.24, 2.45) is 0 Å². The van der Waals surface area contributed by atoms with Gasteiger partial charge in [0, 0.05) is 31.5 Å². The van der Waals surface area contributed by atoms with Crippen LogP contribution in [0.3, 0.4) is 0 Å². The van der Waals surface area contributed by atoms with E-state index in [1.807, 2.05) is 66.7 Å². The molecule has 0 unspecified atom stereocenters. The highest BCUT2D eigenvalue weighted by atomic mass is 16.7. The molecule has 1 aliphatic heterocycles. The average Bonchev–Trinajstić information content (AvgIpc) is 3.22. The van der Waals surface area contributed by atoms with E-state index in [1.165, 1.54) is 84.2 Å². The number of carbonyl (C=O) groups excluding carboxylic acids is 2. The first-order valence-electron chi connectivity index (χ1n) is 20.9. The van der Waals surface area contributed by atoms with Crippen LogP contribution in [0.25, 0.3) is 0 Å². The Labute approximate surface area is 330 Å². The van der Waals surface area contributed by atoms with Crippen LogP contribution in [0.4, 0.5) is 4.79 Å². The molecule has 4 rings (SSSR count). The molecule has 2 amide bonds. The maximum Gasteiger partial charge on any atom is 0.328 e. The van der Waals surface area contributed by atoms with Gasteiger partial charge in [-0.15, -0.1) is 0 Å². The lowest BCUT2D eigenvalue weighted by Crippen LogP contribution is -2.47. The molecular formula is C46H67N3O6. The number of ether oxygens (including phenoxy) is 3. The van der Waals surface area contributed by atoms with Crippen molar-refractivity contribution < 1.29 is 28.9 Å². The smallest absolute Gasteiger partial charge is 0.328 e. The number of carbonyl (C=O) groups is 2. The van der Waals surface area contributed by atoms with E-state index >= 15 is 0 Å². The van der Waals surface area contributed by atoms with Crippen molar-refractivity contribution in [3.8, 4) is 0 Å². The fraction of sp³-hybridized carbons (Fsp3) is 0.565. The molecule has 9 heteroatoms. The minimum atomic E-state index is -0.802. The van der Waals surface area contributed by atoms with Gasteiger partial charge in [-0.2, -0.15) is 0 Å². The molecule has 4 atom stereocenters. The Morgan fingerprint density at radius 3 is 1.93 bits per heavy atom. The van der Waals surface area contributed by atoms with Gasteiger partial charge in [0.2, 0.25) is 0 Å². The number of hydrogen-bond donors (Lipinski definition) is 3. The minimum Gasteiger partial charge on any atom is -0.467 e. The van der Waals surface area contributed by atoms with Gasteiger partial charge in [-0.3, -0.25) is 0 Å². The highest BCUT2D eigenvalue weighted by Gasteiger charge is 2.33. The summed E-state index contributed by atoms with van der Waals surface area (Å²) in [5.74, 6) is -0.496. The molecule has 3 aromatic carbocycles. The monoisotopic (exact) mass is 758 g/mol.